The molecule has 0 saturated heterocycles. The fourth-order valence-electron chi connectivity index (χ4n) is 1.64. The molecule has 0 heterocycles. The molecular formula is C14H21NO. The first kappa shape index (κ1) is 12.8. The van der Waals surface area contributed by atoms with Crippen LogP contribution in [-0.2, 0) is 6.54 Å². The molecule has 0 bridgehead atoms. The number of benzene rings is 1. The summed E-state index contributed by atoms with van der Waals surface area (Å²) in [7, 11) is 0. The first-order chi connectivity index (χ1) is 7.70. The van der Waals surface area contributed by atoms with E-state index in [4.69, 9.17) is 4.74 Å². The van der Waals surface area contributed by atoms with Crippen LogP contribution in [0.15, 0.2) is 24.8 Å². The van der Waals surface area contributed by atoms with Gasteiger partial charge in [-0.15, -0.1) is 6.58 Å². The normalized spacial score (nSPS) is 10.2. The zero-order chi connectivity index (χ0) is 12.0. The van der Waals surface area contributed by atoms with E-state index in [0.717, 1.165) is 18.8 Å². The van der Waals surface area contributed by atoms with Gasteiger partial charge in [0.05, 0.1) is 6.61 Å². The smallest absolute Gasteiger partial charge is 0.126 e. The van der Waals surface area contributed by atoms with Crippen LogP contribution in [0.4, 0.5) is 0 Å². The van der Waals surface area contributed by atoms with E-state index in [1.807, 2.05) is 13.0 Å². The standard InChI is InChI=1S/C14H21NO/c1-5-9-15-10-13-8-7-11(3)12(4)14(13)16-6-2/h5,7-8,15H,1,6,9-10H2,2-4H3. The highest BCUT2D eigenvalue weighted by molar-refractivity contribution is 5.45. The SMILES string of the molecule is C=CCNCc1ccc(C)c(C)c1OCC. The van der Waals surface area contributed by atoms with Crippen LogP contribution in [0, 0.1) is 13.8 Å². The molecule has 1 N–H and O–H groups in total. The first-order valence-corrected chi connectivity index (χ1v) is 5.74. The molecule has 0 aromatic heterocycles. The number of ether oxygens (including phenoxy) is 1. The predicted octanol–water partition coefficient (Wildman–Crippen LogP) is 2.98. The lowest BCUT2D eigenvalue weighted by molar-refractivity contribution is 0.333. The molecule has 1 aromatic rings. The average Bonchev–Trinajstić information content (AvgIpc) is 2.28. The molecule has 88 valence electrons. The molecule has 0 saturated carbocycles. The van der Waals surface area contributed by atoms with Gasteiger partial charge in [0.25, 0.3) is 0 Å². The second-order valence-electron chi connectivity index (χ2n) is 3.85. The maximum Gasteiger partial charge on any atom is 0.126 e. The van der Waals surface area contributed by atoms with Crippen molar-refractivity contribution in [3.63, 3.8) is 0 Å². The van der Waals surface area contributed by atoms with Crippen LogP contribution in [-0.4, -0.2) is 13.2 Å². The molecule has 0 radical (unpaired) electrons. The molecule has 16 heavy (non-hydrogen) atoms. The van der Waals surface area contributed by atoms with Crippen molar-refractivity contribution in [3.05, 3.63) is 41.5 Å². The summed E-state index contributed by atoms with van der Waals surface area (Å²) in [4.78, 5) is 0. The number of hydrogen-bond donors (Lipinski definition) is 1. The Balaban J connectivity index is 2.89. The van der Waals surface area contributed by atoms with E-state index >= 15 is 0 Å². The summed E-state index contributed by atoms with van der Waals surface area (Å²) in [5.74, 6) is 1.03. The predicted molar refractivity (Wildman–Crippen MR) is 69.0 cm³/mol. The number of rotatable bonds is 6. The minimum Gasteiger partial charge on any atom is -0.493 e. The zero-order valence-electron chi connectivity index (χ0n) is 10.5. The van der Waals surface area contributed by atoms with Crippen LogP contribution in [0.25, 0.3) is 0 Å². The van der Waals surface area contributed by atoms with Crippen molar-refractivity contribution in [2.45, 2.75) is 27.3 Å². The van der Waals surface area contributed by atoms with E-state index in [-0.39, 0.29) is 0 Å². The molecule has 1 rings (SSSR count). The van der Waals surface area contributed by atoms with Crippen LogP contribution >= 0.6 is 0 Å². The van der Waals surface area contributed by atoms with Gasteiger partial charge in [-0.2, -0.15) is 0 Å². The molecular weight excluding hydrogens is 198 g/mol. The Kier molecular flexibility index (Phi) is 5.06. The molecule has 0 aliphatic heterocycles. The van der Waals surface area contributed by atoms with Crippen molar-refractivity contribution < 1.29 is 4.74 Å². The number of nitrogens with one attached hydrogen (secondary N) is 1. The molecule has 2 heteroatoms. The van der Waals surface area contributed by atoms with E-state index < -0.39 is 0 Å². The molecule has 0 unspecified atom stereocenters. The van der Waals surface area contributed by atoms with Gasteiger partial charge in [0, 0.05) is 18.7 Å². The van der Waals surface area contributed by atoms with Gasteiger partial charge in [-0.05, 0) is 31.9 Å². The van der Waals surface area contributed by atoms with E-state index in [9.17, 15) is 0 Å². The third-order valence-corrected chi connectivity index (χ3v) is 2.65. The maximum absolute atomic E-state index is 5.71. The number of hydrogen-bond acceptors (Lipinski definition) is 2. The van der Waals surface area contributed by atoms with Gasteiger partial charge in [0.2, 0.25) is 0 Å². The van der Waals surface area contributed by atoms with Crippen LogP contribution in [0.3, 0.4) is 0 Å². The van der Waals surface area contributed by atoms with Crippen LogP contribution in [0.5, 0.6) is 5.75 Å². The van der Waals surface area contributed by atoms with Crippen molar-refractivity contribution in [1.29, 1.82) is 0 Å². The van der Waals surface area contributed by atoms with Crippen molar-refractivity contribution in [2.24, 2.45) is 0 Å². The quantitative estimate of drug-likeness (QED) is 0.586. The molecule has 2 nitrogen and oxygen atoms in total. The van der Waals surface area contributed by atoms with Crippen molar-refractivity contribution in [2.75, 3.05) is 13.2 Å². The molecule has 0 amide bonds. The average molecular weight is 219 g/mol. The summed E-state index contributed by atoms with van der Waals surface area (Å²) in [6.07, 6.45) is 1.86. The topological polar surface area (TPSA) is 21.3 Å². The Bertz CT molecular complexity index is 358. The van der Waals surface area contributed by atoms with Crippen LogP contribution < -0.4 is 10.1 Å². The van der Waals surface area contributed by atoms with Gasteiger partial charge < -0.3 is 10.1 Å². The third-order valence-electron chi connectivity index (χ3n) is 2.65. The minimum atomic E-state index is 0.707. The van der Waals surface area contributed by atoms with Crippen molar-refractivity contribution in [1.82, 2.24) is 5.32 Å². The van der Waals surface area contributed by atoms with E-state index in [0.29, 0.717) is 6.61 Å². The zero-order valence-corrected chi connectivity index (χ0v) is 10.5. The second kappa shape index (κ2) is 6.33. The van der Waals surface area contributed by atoms with E-state index in [1.165, 1.54) is 16.7 Å². The fourth-order valence-corrected chi connectivity index (χ4v) is 1.64. The summed E-state index contributed by atoms with van der Waals surface area (Å²) in [6.45, 7) is 12.3. The van der Waals surface area contributed by atoms with Gasteiger partial charge in [-0.1, -0.05) is 18.2 Å². The van der Waals surface area contributed by atoms with Gasteiger partial charge in [-0.25, -0.2) is 0 Å². The number of aryl methyl sites for hydroxylation is 1. The van der Waals surface area contributed by atoms with Crippen molar-refractivity contribution >= 4 is 0 Å². The van der Waals surface area contributed by atoms with Crippen LogP contribution in [0.1, 0.15) is 23.6 Å². The van der Waals surface area contributed by atoms with Gasteiger partial charge in [-0.3, -0.25) is 0 Å². The molecule has 0 aliphatic carbocycles. The Morgan fingerprint density at radius 2 is 2.12 bits per heavy atom. The fraction of sp³-hybridized carbons (Fsp3) is 0.429. The summed E-state index contributed by atoms with van der Waals surface area (Å²) >= 11 is 0. The second-order valence-corrected chi connectivity index (χ2v) is 3.85. The highest BCUT2D eigenvalue weighted by Gasteiger charge is 2.08. The van der Waals surface area contributed by atoms with Gasteiger partial charge in [0.15, 0.2) is 0 Å². The lowest BCUT2D eigenvalue weighted by atomic mass is 10.0. The van der Waals surface area contributed by atoms with Crippen molar-refractivity contribution in [3.8, 4) is 5.75 Å². The van der Waals surface area contributed by atoms with Gasteiger partial charge >= 0.3 is 0 Å². The maximum atomic E-state index is 5.71. The lowest BCUT2D eigenvalue weighted by Gasteiger charge is -2.15. The lowest BCUT2D eigenvalue weighted by Crippen LogP contribution is -2.14. The summed E-state index contributed by atoms with van der Waals surface area (Å²) in [6, 6.07) is 4.27. The molecule has 0 atom stereocenters. The molecule has 0 spiro atoms. The Morgan fingerprint density at radius 1 is 1.38 bits per heavy atom. The highest BCUT2D eigenvalue weighted by Crippen LogP contribution is 2.26. The summed E-state index contributed by atoms with van der Waals surface area (Å²) in [5, 5.41) is 3.30. The highest BCUT2D eigenvalue weighted by atomic mass is 16.5. The molecule has 0 fully saturated rings. The van der Waals surface area contributed by atoms with E-state index in [1.54, 1.807) is 0 Å². The first-order valence-electron chi connectivity index (χ1n) is 5.74. The summed E-state index contributed by atoms with van der Waals surface area (Å²) < 4.78 is 5.71. The molecule has 0 aliphatic rings. The minimum absolute atomic E-state index is 0.707. The van der Waals surface area contributed by atoms with Gasteiger partial charge in [0.1, 0.15) is 5.75 Å². The monoisotopic (exact) mass is 219 g/mol. The Labute approximate surface area is 98.3 Å². The van der Waals surface area contributed by atoms with Crippen LogP contribution in [0.2, 0.25) is 0 Å². The summed E-state index contributed by atoms with van der Waals surface area (Å²) in [5.41, 5.74) is 3.72. The van der Waals surface area contributed by atoms with E-state index in [2.05, 4.69) is 37.9 Å². The Morgan fingerprint density at radius 3 is 2.75 bits per heavy atom. The largest absolute Gasteiger partial charge is 0.493 e. The third kappa shape index (κ3) is 3.11. The molecule has 1 aromatic carbocycles. The Hall–Kier alpha value is -1.28.